The second-order valence-corrected chi connectivity index (χ2v) is 8.79. The number of carbonyl (C=O) groups is 1. The van der Waals surface area contributed by atoms with Gasteiger partial charge in [-0.3, -0.25) is 30.4 Å². The van der Waals surface area contributed by atoms with Gasteiger partial charge in [-0.25, -0.2) is 0 Å². The van der Waals surface area contributed by atoms with E-state index in [-0.39, 0.29) is 28.0 Å². The van der Waals surface area contributed by atoms with E-state index >= 15 is 0 Å². The maximum absolute atomic E-state index is 12.8. The number of nitro benzene ring substituents is 2. The van der Waals surface area contributed by atoms with Gasteiger partial charge in [0.15, 0.2) is 11.5 Å². The molecule has 3 aromatic carbocycles. The number of hydrogen-bond acceptors (Lipinski definition) is 11. The van der Waals surface area contributed by atoms with Gasteiger partial charge in [0.05, 0.1) is 29.2 Å². The molecule has 0 heterocycles. The van der Waals surface area contributed by atoms with Crippen molar-refractivity contribution in [3.8, 4) is 11.5 Å². The maximum Gasteiger partial charge on any atom is 0.339 e. The Morgan fingerprint density at radius 2 is 1.68 bits per heavy atom. The van der Waals surface area contributed by atoms with Crippen molar-refractivity contribution in [2.75, 3.05) is 17.9 Å². The number of ether oxygens (including phenoxy) is 1. The lowest BCUT2D eigenvalue weighted by Gasteiger charge is -2.12. The van der Waals surface area contributed by atoms with E-state index in [1.165, 1.54) is 62.7 Å². The van der Waals surface area contributed by atoms with E-state index < -0.39 is 31.3 Å². The number of amides is 1. The molecule has 0 aliphatic heterocycles. The van der Waals surface area contributed by atoms with Crippen molar-refractivity contribution in [1.82, 2.24) is 0 Å². The average molecular weight is 529 g/mol. The van der Waals surface area contributed by atoms with Gasteiger partial charge >= 0.3 is 15.8 Å². The topological polar surface area (TPSA) is 192 Å². The van der Waals surface area contributed by atoms with E-state index in [1.807, 2.05) is 0 Å². The van der Waals surface area contributed by atoms with Gasteiger partial charge in [-0.1, -0.05) is 0 Å². The summed E-state index contributed by atoms with van der Waals surface area (Å²) < 4.78 is 35.9. The lowest BCUT2D eigenvalue weighted by Crippen LogP contribution is -2.11. The SMILES string of the molecule is COc1ccc(/C=N\Nc2ccc([N+](=O)[O-])cc2[N+](=O)[O-])cc1OS(=O)(=O)c1ccc(NC(C)=O)cc1. The number of hydrazone groups is 1. The summed E-state index contributed by atoms with van der Waals surface area (Å²) in [5.41, 5.74) is 2.07. The molecule has 0 atom stereocenters. The molecule has 3 aromatic rings. The van der Waals surface area contributed by atoms with Crippen molar-refractivity contribution in [1.29, 1.82) is 0 Å². The van der Waals surface area contributed by atoms with Crippen molar-refractivity contribution in [2.24, 2.45) is 5.10 Å². The van der Waals surface area contributed by atoms with Crippen LogP contribution in [0.1, 0.15) is 12.5 Å². The number of non-ortho nitro benzene ring substituents is 1. The summed E-state index contributed by atoms with van der Waals surface area (Å²) in [6.45, 7) is 1.32. The van der Waals surface area contributed by atoms with Gasteiger partial charge in [-0.05, 0) is 54.1 Å². The Morgan fingerprint density at radius 3 is 2.27 bits per heavy atom. The number of methoxy groups -OCH3 is 1. The molecule has 1 amide bonds. The molecule has 2 N–H and O–H groups in total. The van der Waals surface area contributed by atoms with Gasteiger partial charge in [0, 0.05) is 18.7 Å². The van der Waals surface area contributed by atoms with Crippen LogP contribution < -0.4 is 19.7 Å². The molecule has 0 saturated heterocycles. The highest BCUT2D eigenvalue weighted by atomic mass is 32.2. The van der Waals surface area contributed by atoms with Crippen LogP contribution in [0.4, 0.5) is 22.7 Å². The summed E-state index contributed by atoms with van der Waals surface area (Å²) in [5.74, 6) is -0.360. The first-order chi connectivity index (χ1) is 17.5. The van der Waals surface area contributed by atoms with Crippen molar-refractivity contribution in [2.45, 2.75) is 11.8 Å². The fraction of sp³-hybridized carbons (Fsp3) is 0.0909. The van der Waals surface area contributed by atoms with E-state index in [2.05, 4.69) is 15.8 Å². The van der Waals surface area contributed by atoms with Crippen LogP contribution in [0.25, 0.3) is 0 Å². The zero-order chi connectivity index (χ0) is 27.2. The monoisotopic (exact) mass is 529 g/mol. The van der Waals surface area contributed by atoms with Crippen LogP contribution in [0.15, 0.2) is 70.7 Å². The molecule has 14 nitrogen and oxygen atoms in total. The zero-order valence-electron chi connectivity index (χ0n) is 19.3. The van der Waals surface area contributed by atoms with Gasteiger partial charge < -0.3 is 14.2 Å². The average Bonchev–Trinajstić information content (AvgIpc) is 2.84. The van der Waals surface area contributed by atoms with Crippen molar-refractivity contribution >= 4 is 45.0 Å². The lowest BCUT2D eigenvalue weighted by molar-refractivity contribution is -0.393. The molecule has 0 unspecified atom stereocenters. The summed E-state index contributed by atoms with van der Waals surface area (Å²) in [6.07, 6.45) is 1.23. The van der Waals surface area contributed by atoms with E-state index in [0.717, 1.165) is 18.2 Å². The summed E-state index contributed by atoms with van der Waals surface area (Å²) in [6, 6.07) is 12.6. The van der Waals surface area contributed by atoms with E-state index in [9.17, 15) is 33.4 Å². The lowest BCUT2D eigenvalue weighted by atomic mass is 10.2. The Morgan fingerprint density at radius 1 is 0.973 bits per heavy atom. The maximum atomic E-state index is 12.8. The molecule has 0 aliphatic rings. The second-order valence-electron chi connectivity index (χ2n) is 7.24. The largest absolute Gasteiger partial charge is 0.493 e. The first-order valence-electron chi connectivity index (χ1n) is 10.2. The molecular formula is C22H19N5O9S. The summed E-state index contributed by atoms with van der Waals surface area (Å²) >= 11 is 0. The van der Waals surface area contributed by atoms with Gasteiger partial charge in [0.1, 0.15) is 10.6 Å². The fourth-order valence-corrected chi connectivity index (χ4v) is 3.90. The zero-order valence-corrected chi connectivity index (χ0v) is 20.1. The first-order valence-corrected chi connectivity index (χ1v) is 11.6. The molecule has 0 radical (unpaired) electrons. The second kappa shape index (κ2) is 11.1. The normalized spacial score (nSPS) is 11.1. The Labute approximate surface area is 209 Å². The summed E-state index contributed by atoms with van der Waals surface area (Å²) in [4.78, 5) is 31.5. The minimum absolute atomic E-state index is 0.0953. The number of benzene rings is 3. The quantitative estimate of drug-likeness (QED) is 0.169. The number of anilines is 2. The van der Waals surface area contributed by atoms with Crippen LogP contribution in [0.5, 0.6) is 11.5 Å². The van der Waals surface area contributed by atoms with Crippen LogP contribution in [0.2, 0.25) is 0 Å². The van der Waals surface area contributed by atoms with E-state index in [4.69, 9.17) is 8.92 Å². The third kappa shape index (κ3) is 6.76. The van der Waals surface area contributed by atoms with Gasteiger partial charge in [-0.2, -0.15) is 13.5 Å². The highest BCUT2D eigenvalue weighted by Gasteiger charge is 2.21. The predicted molar refractivity (Wildman–Crippen MR) is 133 cm³/mol. The molecule has 0 aliphatic carbocycles. The van der Waals surface area contributed by atoms with Crippen LogP contribution >= 0.6 is 0 Å². The number of nitrogens with one attached hydrogen (secondary N) is 2. The van der Waals surface area contributed by atoms with Crippen molar-refractivity contribution in [3.05, 3.63) is 86.5 Å². The smallest absolute Gasteiger partial charge is 0.339 e. The number of hydrogen-bond donors (Lipinski definition) is 2. The number of nitro groups is 2. The highest BCUT2D eigenvalue weighted by Crippen LogP contribution is 2.31. The Balaban J connectivity index is 1.82. The van der Waals surface area contributed by atoms with Crippen molar-refractivity contribution in [3.63, 3.8) is 0 Å². The van der Waals surface area contributed by atoms with E-state index in [1.54, 1.807) is 0 Å². The third-order valence-electron chi connectivity index (χ3n) is 4.64. The Bertz CT molecular complexity index is 1490. The first kappa shape index (κ1) is 26.6. The Kier molecular flexibility index (Phi) is 7.99. The molecular weight excluding hydrogens is 510 g/mol. The fourth-order valence-electron chi connectivity index (χ4n) is 2.97. The van der Waals surface area contributed by atoms with Gasteiger partial charge in [0.25, 0.3) is 5.69 Å². The molecule has 192 valence electrons. The van der Waals surface area contributed by atoms with Crippen LogP contribution in [-0.4, -0.2) is 37.5 Å². The standard InChI is InChI=1S/C22H19N5O9S/c1-14(28)24-16-4-7-18(8-5-16)37(33,34)36-22-11-15(3-10-21(22)35-2)13-23-25-19-9-6-17(26(29)30)12-20(19)27(31)32/h3-13,25H,1-2H3,(H,24,28)/b23-13-. The minimum atomic E-state index is -4.28. The van der Waals surface area contributed by atoms with Crippen molar-refractivity contribution < 1.29 is 32.0 Å². The molecule has 3 rings (SSSR count). The van der Waals surface area contributed by atoms with E-state index in [0.29, 0.717) is 11.3 Å². The minimum Gasteiger partial charge on any atom is -0.493 e. The molecule has 0 fully saturated rings. The molecule has 0 bridgehead atoms. The molecule has 0 aromatic heterocycles. The van der Waals surface area contributed by atoms with Crippen LogP contribution in [0, 0.1) is 20.2 Å². The van der Waals surface area contributed by atoms with Crippen LogP contribution in [0.3, 0.4) is 0 Å². The molecule has 0 saturated carbocycles. The summed E-state index contributed by atoms with van der Waals surface area (Å²) in [7, 11) is -2.96. The Hall–Kier alpha value is -5.05. The van der Waals surface area contributed by atoms with Crippen LogP contribution in [-0.2, 0) is 14.9 Å². The summed E-state index contributed by atoms with van der Waals surface area (Å²) in [5, 5.41) is 28.5. The van der Waals surface area contributed by atoms with Gasteiger partial charge in [-0.15, -0.1) is 0 Å². The molecule has 37 heavy (non-hydrogen) atoms. The number of rotatable bonds is 10. The molecule has 0 spiro atoms. The predicted octanol–water partition coefficient (Wildman–Crippen LogP) is 3.68. The number of carbonyl (C=O) groups excluding carboxylic acids is 1. The number of nitrogens with zero attached hydrogens (tertiary/aromatic N) is 3. The van der Waals surface area contributed by atoms with Gasteiger partial charge in [0.2, 0.25) is 5.91 Å². The third-order valence-corrected chi connectivity index (χ3v) is 5.89. The molecule has 15 heteroatoms. The highest BCUT2D eigenvalue weighted by molar-refractivity contribution is 7.87.